The van der Waals surface area contributed by atoms with E-state index in [2.05, 4.69) is 30.5 Å². The fourth-order valence-electron chi connectivity index (χ4n) is 4.09. The van der Waals surface area contributed by atoms with Gasteiger partial charge in [-0.1, -0.05) is 12.2 Å². The summed E-state index contributed by atoms with van der Waals surface area (Å²) in [6.07, 6.45) is 0.829. The Labute approximate surface area is 177 Å². The van der Waals surface area contributed by atoms with Crippen LogP contribution in [0.1, 0.15) is 25.1 Å². The van der Waals surface area contributed by atoms with E-state index in [1.165, 1.54) is 5.69 Å². The molecule has 0 aliphatic carbocycles. The van der Waals surface area contributed by atoms with Gasteiger partial charge in [-0.3, -0.25) is 0 Å². The zero-order chi connectivity index (χ0) is 20.4. The largest absolute Gasteiger partial charge is 0.497 e. The highest BCUT2D eigenvalue weighted by Gasteiger charge is 2.30. The number of ether oxygens (including phenoxy) is 3. The predicted octanol–water partition coefficient (Wildman–Crippen LogP) is 2.05. The highest BCUT2D eigenvalue weighted by atomic mass is 32.1. The number of hydrogen-bond acceptors (Lipinski definition) is 5. The van der Waals surface area contributed by atoms with E-state index in [0.29, 0.717) is 11.2 Å². The second-order valence-corrected chi connectivity index (χ2v) is 8.77. The third-order valence-electron chi connectivity index (χ3n) is 5.83. The van der Waals surface area contributed by atoms with E-state index in [1.54, 1.807) is 12.0 Å². The van der Waals surface area contributed by atoms with Gasteiger partial charge >= 0.3 is 0 Å². The third-order valence-corrected chi connectivity index (χ3v) is 6.17. The number of nitrogens with one attached hydrogen (secondary N) is 1. The SMILES string of the molecule is COc1ccc(-c2nc(=S)c3c(n2CC[NH+]2CCOCC2)CC(C)(C)OC3)cc1. The van der Waals surface area contributed by atoms with E-state index in [9.17, 15) is 0 Å². The number of fused-ring (bicyclic) bond motifs is 1. The van der Waals surface area contributed by atoms with Gasteiger partial charge in [-0.25, -0.2) is 4.98 Å². The van der Waals surface area contributed by atoms with Crippen LogP contribution in [0.5, 0.6) is 5.75 Å². The Kier molecular flexibility index (Phi) is 6.01. The van der Waals surface area contributed by atoms with Crippen molar-refractivity contribution in [2.75, 3.05) is 40.0 Å². The number of rotatable bonds is 5. The molecule has 1 aromatic carbocycles. The van der Waals surface area contributed by atoms with Crippen LogP contribution in [-0.4, -0.2) is 55.1 Å². The number of quaternary nitrogens is 1. The van der Waals surface area contributed by atoms with Gasteiger partial charge in [-0.2, -0.15) is 0 Å². The maximum atomic E-state index is 6.04. The predicted molar refractivity (Wildman–Crippen MR) is 114 cm³/mol. The molecule has 0 bridgehead atoms. The van der Waals surface area contributed by atoms with Gasteiger partial charge in [0.25, 0.3) is 0 Å². The Balaban J connectivity index is 1.75. The minimum Gasteiger partial charge on any atom is -0.497 e. The van der Waals surface area contributed by atoms with Crippen LogP contribution in [-0.2, 0) is 29.0 Å². The van der Waals surface area contributed by atoms with Crippen molar-refractivity contribution in [3.05, 3.63) is 40.2 Å². The van der Waals surface area contributed by atoms with Gasteiger partial charge in [0.1, 0.15) is 29.3 Å². The van der Waals surface area contributed by atoms with E-state index in [-0.39, 0.29) is 5.60 Å². The molecule has 0 unspecified atom stereocenters. The Morgan fingerprint density at radius 3 is 2.62 bits per heavy atom. The molecule has 156 valence electrons. The summed E-state index contributed by atoms with van der Waals surface area (Å²) in [5, 5.41) is 0. The summed E-state index contributed by atoms with van der Waals surface area (Å²) >= 11 is 5.67. The van der Waals surface area contributed by atoms with E-state index in [4.69, 9.17) is 31.4 Å². The topological polar surface area (TPSA) is 50.0 Å². The van der Waals surface area contributed by atoms with Gasteiger partial charge in [-0.15, -0.1) is 0 Å². The Morgan fingerprint density at radius 2 is 1.93 bits per heavy atom. The molecule has 2 aromatic rings. The molecule has 0 radical (unpaired) electrons. The lowest BCUT2D eigenvalue weighted by molar-refractivity contribution is -0.908. The summed E-state index contributed by atoms with van der Waals surface area (Å²) < 4.78 is 19.9. The maximum Gasteiger partial charge on any atom is 0.141 e. The van der Waals surface area contributed by atoms with E-state index >= 15 is 0 Å². The summed E-state index contributed by atoms with van der Waals surface area (Å²) in [4.78, 5) is 6.42. The lowest BCUT2D eigenvalue weighted by atomic mass is 9.96. The zero-order valence-corrected chi connectivity index (χ0v) is 18.3. The summed E-state index contributed by atoms with van der Waals surface area (Å²) in [5.74, 6) is 1.77. The number of benzene rings is 1. The molecule has 0 spiro atoms. The van der Waals surface area contributed by atoms with Crippen molar-refractivity contribution >= 4 is 12.2 Å². The highest BCUT2D eigenvalue weighted by molar-refractivity contribution is 7.71. The van der Waals surface area contributed by atoms with Crippen LogP contribution in [0.15, 0.2) is 24.3 Å². The van der Waals surface area contributed by atoms with Gasteiger partial charge in [0.15, 0.2) is 0 Å². The first-order chi connectivity index (χ1) is 14.0. The summed E-state index contributed by atoms with van der Waals surface area (Å²) in [6.45, 7) is 10.6. The maximum absolute atomic E-state index is 6.04. The van der Waals surface area contributed by atoms with Gasteiger partial charge in [-0.05, 0) is 38.1 Å². The minimum atomic E-state index is -0.207. The lowest BCUT2D eigenvalue weighted by Crippen LogP contribution is -3.14. The summed E-state index contributed by atoms with van der Waals surface area (Å²) in [5.41, 5.74) is 3.18. The van der Waals surface area contributed by atoms with Gasteiger partial charge in [0.05, 0.1) is 45.6 Å². The lowest BCUT2D eigenvalue weighted by Gasteiger charge is -2.34. The van der Waals surface area contributed by atoms with Crippen LogP contribution < -0.4 is 9.64 Å². The second-order valence-electron chi connectivity index (χ2n) is 8.38. The molecule has 1 fully saturated rings. The first kappa shape index (κ1) is 20.5. The quantitative estimate of drug-likeness (QED) is 0.756. The molecule has 0 atom stereocenters. The van der Waals surface area contributed by atoms with Crippen molar-refractivity contribution in [2.24, 2.45) is 0 Å². The number of methoxy groups -OCH3 is 1. The standard InChI is InChI=1S/C22H29N3O3S/c1-22(2)14-19-18(15-28-22)21(29)23-20(16-4-6-17(26-3)7-5-16)25(19)9-8-24-10-12-27-13-11-24/h4-7H,8-15H2,1-3H3/p+1. The van der Waals surface area contributed by atoms with Crippen LogP contribution in [0.4, 0.5) is 0 Å². The molecule has 2 aliphatic rings. The Bertz CT molecular complexity index is 918. The third kappa shape index (κ3) is 4.53. The first-order valence-corrected chi connectivity index (χ1v) is 10.7. The normalized spacial score (nSPS) is 19.0. The number of aromatic nitrogens is 2. The van der Waals surface area contributed by atoms with Crippen LogP contribution in [0.25, 0.3) is 11.4 Å². The van der Waals surface area contributed by atoms with Gasteiger partial charge in [0.2, 0.25) is 0 Å². The molecule has 7 heteroatoms. The molecule has 3 heterocycles. The molecule has 1 N–H and O–H groups in total. The Hall–Kier alpha value is -1.80. The van der Waals surface area contributed by atoms with Crippen LogP contribution in [0, 0.1) is 4.64 Å². The van der Waals surface area contributed by atoms with Crippen molar-refractivity contribution in [2.45, 2.75) is 39.0 Å². The van der Waals surface area contributed by atoms with Crippen LogP contribution >= 0.6 is 12.2 Å². The number of hydrogen-bond donors (Lipinski definition) is 1. The zero-order valence-electron chi connectivity index (χ0n) is 17.5. The van der Waals surface area contributed by atoms with Crippen LogP contribution in [0.3, 0.4) is 0 Å². The molecule has 29 heavy (non-hydrogen) atoms. The average Bonchev–Trinajstić information content (AvgIpc) is 2.73. The molecule has 6 nitrogen and oxygen atoms in total. The average molecular weight is 417 g/mol. The molecular weight excluding hydrogens is 386 g/mol. The highest BCUT2D eigenvalue weighted by Crippen LogP contribution is 2.31. The molecule has 1 aromatic heterocycles. The molecule has 4 rings (SSSR count). The molecule has 2 aliphatic heterocycles. The van der Waals surface area contributed by atoms with E-state index in [1.807, 2.05) is 12.1 Å². The van der Waals surface area contributed by atoms with E-state index in [0.717, 1.165) is 68.5 Å². The number of morpholine rings is 1. The van der Waals surface area contributed by atoms with Crippen molar-refractivity contribution in [3.63, 3.8) is 0 Å². The molecular formula is C22H30N3O3S+. The summed E-state index contributed by atoms with van der Waals surface area (Å²) in [7, 11) is 1.68. The molecule has 0 amide bonds. The first-order valence-electron chi connectivity index (χ1n) is 10.3. The fraction of sp³-hybridized carbons (Fsp3) is 0.545. The molecule has 1 saturated heterocycles. The smallest absolute Gasteiger partial charge is 0.141 e. The second kappa shape index (κ2) is 8.52. The van der Waals surface area contributed by atoms with Crippen LogP contribution in [0.2, 0.25) is 0 Å². The molecule has 0 saturated carbocycles. The fourth-order valence-corrected chi connectivity index (χ4v) is 4.35. The summed E-state index contributed by atoms with van der Waals surface area (Å²) in [6, 6.07) is 8.07. The monoisotopic (exact) mass is 416 g/mol. The van der Waals surface area contributed by atoms with Gasteiger partial charge in [0, 0.05) is 23.2 Å². The van der Waals surface area contributed by atoms with Crippen molar-refractivity contribution in [1.82, 2.24) is 9.55 Å². The minimum absolute atomic E-state index is 0.207. The van der Waals surface area contributed by atoms with Crippen molar-refractivity contribution in [1.29, 1.82) is 0 Å². The Morgan fingerprint density at radius 1 is 1.21 bits per heavy atom. The number of nitrogens with zero attached hydrogens (tertiary/aromatic N) is 2. The van der Waals surface area contributed by atoms with Gasteiger partial charge < -0.3 is 23.7 Å². The van der Waals surface area contributed by atoms with Crippen molar-refractivity contribution in [3.8, 4) is 17.1 Å². The van der Waals surface area contributed by atoms with Crippen molar-refractivity contribution < 1.29 is 19.1 Å². The van der Waals surface area contributed by atoms with E-state index < -0.39 is 0 Å².